The fraction of sp³-hybridized carbons (Fsp3) is 0.182. The molecule has 0 amide bonds. The third-order valence-electron chi connectivity index (χ3n) is 2.12. The molecule has 1 aromatic carbocycles. The van der Waals surface area contributed by atoms with Crippen LogP contribution in [0.25, 0.3) is 5.69 Å². The van der Waals surface area contributed by atoms with E-state index in [1.807, 2.05) is 30.3 Å². The SMILES string of the molecule is C[C@@H](Oc1ncn(-c2ccccc2)n1)C(=O)O. The van der Waals surface area contributed by atoms with E-state index in [1.165, 1.54) is 17.9 Å². The van der Waals surface area contributed by atoms with Crippen LogP contribution in [0.2, 0.25) is 0 Å². The second-order valence-electron chi connectivity index (χ2n) is 3.41. The fourth-order valence-electron chi connectivity index (χ4n) is 1.22. The van der Waals surface area contributed by atoms with E-state index in [1.54, 1.807) is 0 Å². The smallest absolute Gasteiger partial charge is 0.344 e. The van der Waals surface area contributed by atoms with Gasteiger partial charge in [0.15, 0.2) is 6.10 Å². The zero-order chi connectivity index (χ0) is 12.3. The van der Waals surface area contributed by atoms with Gasteiger partial charge in [-0.05, 0) is 19.1 Å². The Balaban J connectivity index is 2.14. The Labute approximate surface area is 97.5 Å². The maximum atomic E-state index is 10.6. The van der Waals surface area contributed by atoms with Crippen LogP contribution in [0, 0.1) is 0 Å². The minimum Gasteiger partial charge on any atom is -0.479 e. The molecule has 0 fully saturated rings. The number of aromatic nitrogens is 3. The van der Waals surface area contributed by atoms with Gasteiger partial charge >= 0.3 is 12.0 Å². The lowest BCUT2D eigenvalue weighted by Crippen LogP contribution is -2.23. The number of carbonyl (C=O) groups is 1. The highest BCUT2D eigenvalue weighted by molar-refractivity contribution is 5.72. The highest BCUT2D eigenvalue weighted by atomic mass is 16.5. The summed E-state index contributed by atoms with van der Waals surface area (Å²) in [5.74, 6) is -1.05. The minimum absolute atomic E-state index is 0.0451. The van der Waals surface area contributed by atoms with Crippen LogP contribution in [0.1, 0.15) is 6.92 Å². The van der Waals surface area contributed by atoms with Crippen LogP contribution < -0.4 is 4.74 Å². The van der Waals surface area contributed by atoms with Crippen LogP contribution in [0.15, 0.2) is 36.7 Å². The molecule has 2 aromatic rings. The van der Waals surface area contributed by atoms with Crippen molar-refractivity contribution in [3.63, 3.8) is 0 Å². The van der Waals surface area contributed by atoms with Gasteiger partial charge in [0.1, 0.15) is 6.33 Å². The Morgan fingerprint density at radius 3 is 2.76 bits per heavy atom. The highest BCUT2D eigenvalue weighted by Crippen LogP contribution is 2.09. The van der Waals surface area contributed by atoms with Gasteiger partial charge in [0.25, 0.3) is 0 Å². The Kier molecular flexibility index (Phi) is 3.04. The van der Waals surface area contributed by atoms with Gasteiger partial charge in [-0.15, -0.1) is 5.10 Å². The minimum atomic E-state index is -1.05. The molecule has 0 aliphatic rings. The number of hydrogen-bond acceptors (Lipinski definition) is 4. The van der Waals surface area contributed by atoms with E-state index in [2.05, 4.69) is 10.1 Å². The lowest BCUT2D eigenvalue weighted by molar-refractivity contribution is -0.144. The number of ether oxygens (including phenoxy) is 1. The first-order chi connectivity index (χ1) is 8.16. The first-order valence-corrected chi connectivity index (χ1v) is 5.03. The van der Waals surface area contributed by atoms with Crippen molar-refractivity contribution in [1.29, 1.82) is 0 Å². The number of para-hydroxylation sites is 1. The van der Waals surface area contributed by atoms with Crippen molar-refractivity contribution >= 4 is 5.97 Å². The van der Waals surface area contributed by atoms with E-state index in [4.69, 9.17) is 9.84 Å². The van der Waals surface area contributed by atoms with Crippen LogP contribution >= 0.6 is 0 Å². The molecule has 0 bridgehead atoms. The summed E-state index contributed by atoms with van der Waals surface area (Å²) >= 11 is 0. The quantitative estimate of drug-likeness (QED) is 0.856. The number of carboxylic acids is 1. The van der Waals surface area contributed by atoms with Crippen LogP contribution in [0.4, 0.5) is 0 Å². The van der Waals surface area contributed by atoms with Crippen LogP contribution in [-0.4, -0.2) is 31.9 Å². The molecule has 6 nitrogen and oxygen atoms in total. The molecule has 88 valence electrons. The molecule has 2 rings (SSSR count). The number of rotatable bonds is 4. The summed E-state index contributed by atoms with van der Waals surface area (Å²) in [5.41, 5.74) is 0.831. The zero-order valence-corrected chi connectivity index (χ0v) is 9.15. The fourth-order valence-corrected chi connectivity index (χ4v) is 1.22. The summed E-state index contributed by atoms with van der Waals surface area (Å²) in [7, 11) is 0. The predicted molar refractivity (Wildman–Crippen MR) is 59.1 cm³/mol. The summed E-state index contributed by atoms with van der Waals surface area (Å²) < 4.78 is 6.55. The lowest BCUT2D eigenvalue weighted by atomic mass is 10.3. The van der Waals surface area contributed by atoms with Crippen molar-refractivity contribution < 1.29 is 14.6 Å². The third kappa shape index (κ3) is 2.60. The molecule has 0 radical (unpaired) electrons. The molecular weight excluding hydrogens is 222 g/mol. The number of hydrogen-bond donors (Lipinski definition) is 1. The van der Waals surface area contributed by atoms with Gasteiger partial charge in [0.2, 0.25) is 0 Å². The van der Waals surface area contributed by atoms with E-state index in [0.717, 1.165) is 5.69 Å². The standard InChI is InChI=1S/C11H11N3O3/c1-8(10(15)16)17-11-12-7-14(13-11)9-5-3-2-4-6-9/h2-8H,1H3,(H,15,16)/t8-/m1/s1. The molecule has 0 aliphatic heterocycles. The molecule has 6 heteroatoms. The van der Waals surface area contributed by atoms with E-state index in [-0.39, 0.29) is 6.01 Å². The molecule has 1 aromatic heterocycles. The third-order valence-corrected chi connectivity index (χ3v) is 2.12. The number of nitrogens with zero attached hydrogens (tertiary/aromatic N) is 3. The van der Waals surface area contributed by atoms with Crippen molar-refractivity contribution in [3.05, 3.63) is 36.7 Å². The zero-order valence-electron chi connectivity index (χ0n) is 9.15. The summed E-state index contributed by atoms with van der Waals surface area (Å²) in [6.45, 7) is 1.42. The van der Waals surface area contributed by atoms with Crippen LogP contribution in [0.3, 0.4) is 0 Å². The summed E-state index contributed by atoms with van der Waals surface area (Å²) in [6, 6.07) is 9.40. The van der Waals surface area contributed by atoms with Gasteiger partial charge in [-0.25, -0.2) is 9.48 Å². The Morgan fingerprint density at radius 1 is 1.41 bits per heavy atom. The molecule has 0 saturated heterocycles. The topological polar surface area (TPSA) is 77.2 Å². The molecule has 1 heterocycles. The summed E-state index contributed by atoms with van der Waals surface area (Å²) in [6.07, 6.45) is 0.501. The molecule has 0 spiro atoms. The summed E-state index contributed by atoms with van der Waals surface area (Å²) in [5, 5.41) is 12.7. The largest absolute Gasteiger partial charge is 0.479 e. The second-order valence-corrected chi connectivity index (χ2v) is 3.41. The molecule has 0 saturated carbocycles. The van der Waals surface area contributed by atoms with E-state index in [9.17, 15) is 4.79 Å². The van der Waals surface area contributed by atoms with E-state index in [0.29, 0.717) is 0 Å². The maximum absolute atomic E-state index is 10.6. The Morgan fingerprint density at radius 2 is 2.12 bits per heavy atom. The first-order valence-electron chi connectivity index (χ1n) is 5.03. The van der Waals surface area contributed by atoms with Gasteiger partial charge in [-0.3, -0.25) is 0 Å². The van der Waals surface area contributed by atoms with Crippen molar-refractivity contribution in [3.8, 4) is 11.7 Å². The van der Waals surface area contributed by atoms with Gasteiger partial charge in [-0.1, -0.05) is 18.2 Å². The molecule has 0 unspecified atom stereocenters. The van der Waals surface area contributed by atoms with E-state index >= 15 is 0 Å². The summed E-state index contributed by atoms with van der Waals surface area (Å²) in [4.78, 5) is 14.5. The normalized spacial score (nSPS) is 12.1. The average Bonchev–Trinajstić information content (AvgIpc) is 2.78. The van der Waals surface area contributed by atoms with Gasteiger partial charge in [-0.2, -0.15) is 4.98 Å². The van der Waals surface area contributed by atoms with Crippen LogP contribution in [0.5, 0.6) is 6.01 Å². The number of aliphatic carboxylic acids is 1. The van der Waals surface area contributed by atoms with Gasteiger partial charge in [0.05, 0.1) is 5.69 Å². The van der Waals surface area contributed by atoms with E-state index < -0.39 is 12.1 Å². The first kappa shape index (κ1) is 11.1. The molecular formula is C11H11N3O3. The number of benzene rings is 1. The average molecular weight is 233 g/mol. The monoisotopic (exact) mass is 233 g/mol. The lowest BCUT2D eigenvalue weighted by Gasteiger charge is -2.05. The second kappa shape index (κ2) is 4.65. The molecule has 17 heavy (non-hydrogen) atoms. The van der Waals surface area contributed by atoms with Crippen molar-refractivity contribution in [2.45, 2.75) is 13.0 Å². The highest BCUT2D eigenvalue weighted by Gasteiger charge is 2.15. The van der Waals surface area contributed by atoms with Crippen molar-refractivity contribution in [2.75, 3.05) is 0 Å². The molecule has 0 aliphatic carbocycles. The predicted octanol–water partition coefficient (Wildman–Crippen LogP) is 1.12. The maximum Gasteiger partial charge on any atom is 0.344 e. The van der Waals surface area contributed by atoms with Gasteiger partial charge < -0.3 is 9.84 Å². The van der Waals surface area contributed by atoms with Crippen molar-refractivity contribution in [1.82, 2.24) is 14.8 Å². The Hall–Kier alpha value is -2.37. The Bertz CT molecular complexity index is 510. The number of carboxylic acid groups (broad SMARTS) is 1. The van der Waals surface area contributed by atoms with Gasteiger partial charge in [0, 0.05) is 0 Å². The van der Waals surface area contributed by atoms with Crippen LogP contribution in [-0.2, 0) is 4.79 Å². The molecule has 1 atom stereocenters. The van der Waals surface area contributed by atoms with Crippen molar-refractivity contribution in [2.24, 2.45) is 0 Å². The molecule has 1 N–H and O–H groups in total.